The van der Waals surface area contributed by atoms with Crippen molar-refractivity contribution in [3.63, 3.8) is 0 Å². The summed E-state index contributed by atoms with van der Waals surface area (Å²) < 4.78 is 5.84. The summed E-state index contributed by atoms with van der Waals surface area (Å²) in [6.07, 6.45) is 4.68. The maximum atomic E-state index is 12.2. The molecule has 17 heavy (non-hydrogen) atoms. The molecule has 0 aliphatic carbocycles. The van der Waals surface area contributed by atoms with Crippen LogP contribution in [0, 0.1) is 0 Å². The number of halogens is 1. The Labute approximate surface area is 106 Å². The number of hydrogen-bond donors (Lipinski definition) is 1. The number of rotatable bonds is 2. The zero-order valence-electron chi connectivity index (χ0n) is 8.74. The predicted molar refractivity (Wildman–Crippen MR) is 68.1 cm³/mol. The van der Waals surface area contributed by atoms with Gasteiger partial charge in [-0.1, -0.05) is 22.0 Å². The van der Waals surface area contributed by atoms with Crippen LogP contribution in [0.2, 0.25) is 0 Å². The van der Waals surface area contributed by atoms with Crippen LogP contribution in [0.4, 0.5) is 0 Å². The SMILES string of the molecule is O=C(c1ccoc1)c1c[nH]c2cccc(Br)c12. The number of aromatic amines is 1. The molecule has 0 fully saturated rings. The molecular weight excluding hydrogens is 282 g/mol. The number of carbonyl (C=O) groups excluding carboxylic acids is 1. The molecule has 0 radical (unpaired) electrons. The highest BCUT2D eigenvalue weighted by atomic mass is 79.9. The number of hydrogen-bond acceptors (Lipinski definition) is 2. The van der Waals surface area contributed by atoms with Crippen molar-refractivity contribution in [2.75, 3.05) is 0 Å². The van der Waals surface area contributed by atoms with Crippen molar-refractivity contribution in [1.82, 2.24) is 4.98 Å². The summed E-state index contributed by atoms with van der Waals surface area (Å²) in [6, 6.07) is 7.45. The summed E-state index contributed by atoms with van der Waals surface area (Å²) in [7, 11) is 0. The average Bonchev–Trinajstić information content (AvgIpc) is 2.98. The van der Waals surface area contributed by atoms with E-state index in [1.54, 1.807) is 12.3 Å². The maximum Gasteiger partial charge on any atom is 0.198 e. The van der Waals surface area contributed by atoms with Crippen LogP contribution < -0.4 is 0 Å². The van der Waals surface area contributed by atoms with Crippen molar-refractivity contribution in [2.45, 2.75) is 0 Å². The van der Waals surface area contributed by atoms with Crippen LogP contribution in [-0.2, 0) is 0 Å². The molecule has 2 aromatic heterocycles. The summed E-state index contributed by atoms with van der Waals surface area (Å²) in [5.41, 5.74) is 2.14. The molecule has 0 unspecified atom stereocenters. The zero-order valence-corrected chi connectivity index (χ0v) is 10.3. The minimum absolute atomic E-state index is 0.0445. The largest absolute Gasteiger partial charge is 0.472 e. The van der Waals surface area contributed by atoms with Gasteiger partial charge in [-0.15, -0.1) is 0 Å². The van der Waals surface area contributed by atoms with E-state index in [9.17, 15) is 4.79 Å². The van der Waals surface area contributed by atoms with Crippen LogP contribution >= 0.6 is 15.9 Å². The number of H-pyrrole nitrogens is 1. The Morgan fingerprint density at radius 2 is 2.18 bits per heavy atom. The van der Waals surface area contributed by atoms with Crippen LogP contribution in [0.25, 0.3) is 10.9 Å². The lowest BCUT2D eigenvalue weighted by Gasteiger charge is -1.98. The van der Waals surface area contributed by atoms with Crippen LogP contribution in [0.5, 0.6) is 0 Å². The van der Waals surface area contributed by atoms with Crippen molar-refractivity contribution in [2.24, 2.45) is 0 Å². The predicted octanol–water partition coefficient (Wildman–Crippen LogP) is 3.75. The lowest BCUT2D eigenvalue weighted by molar-refractivity contribution is 0.103. The van der Waals surface area contributed by atoms with Gasteiger partial charge in [0.05, 0.1) is 11.8 Å². The van der Waals surface area contributed by atoms with Gasteiger partial charge < -0.3 is 9.40 Å². The van der Waals surface area contributed by atoms with E-state index in [2.05, 4.69) is 20.9 Å². The summed E-state index contributed by atoms with van der Waals surface area (Å²) in [6.45, 7) is 0. The van der Waals surface area contributed by atoms with E-state index < -0.39 is 0 Å². The second-order valence-electron chi connectivity index (χ2n) is 3.71. The number of fused-ring (bicyclic) bond motifs is 1. The van der Waals surface area contributed by atoms with E-state index in [4.69, 9.17) is 4.42 Å². The van der Waals surface area contributed by atoms with Gasteiger partial charge in [-0.25, -0.2) is 0 Å². The van der Waals surface area contributed by atoms with Gasteiger partial charge >= 0.3 is 0 Å². The highest BCUT2D eigenvalue weighted by Crippen LogP contribution is 2.28. The van der Waals surface area contributed by atoms with Crippen LogP contribution in [0.15, 0.2) is 51.9 Å². The molecule has 0 atom stereocenters. The summed E-state index contributed by atoms with van der Waals surface area (Å²) in [5.74, 6) is -0.0445. The lowest BCUT2D eigenvalue weighted by Crippen LogP contribution is -1.98. The summed E-state index contributed by atoms with van der Waals surface area (Å²) >= 11 is 3.46. The fourth-order valence-corrected chi connectivity index (χ4v) is 2.45. The Bertz CT molecular complexity index is 683. The van der Waals surface area contributed by atoms with Gasteiger partial charge in [0.1, 0.15) is 6.26 Å². The third-order valence-corrected chi connectivity index (χ3v) is 3.34. The molecule has 84 valence electrons. The normalized spacial score (nSPS) is 10.9. The van der Waals surface area contributed by atoms with Gasteiger partial charge in [0.15, 0.2) is 5.78 Å². The fraction of sp³-hybridized carbons (Fsp3) is 0. The van der Waals surface area contributed by atoms with E-state index in [1.165, 1.54) is 12.5 Å². The first-order valence-corrected chi connectivity index (χ1v) is 5.89. The first-order valence-electron chi connectivity index (χ1n) is 5.10. The Hall–Kier alpha value is -1.81. The summed E-state index contributed by atoms with van der Waals surface area (Å²) in [4.78, 5) is 15.3. The number of carbonyl (C=O) groups is 1. The smallest absolute Gasteiger partial charge is 0.198 e. The molecule has 1 aromatic carbocycles. The van der Waals surface area contributed by atoms with Crippen LogP contribution in [0.3, 0.4) is 0 Å². The van der Waals surface area contributed by atoms with Crippen molar-refractivity contribution in [3.8, 4) is 0 Å². The molecule has 3 aromatic rings. The number of furan rings is 1. The molecule has 2 heterocycles. The van der Waals surface area contributed by atoms with Crippen LogP contribution in [-0.4, -0.2) is 10.8 Å². The molecule has 3 nitrogen and oxygen atoms in total. The van der Waals surface area contributed by atoms with E-state index in [0.29, 0.717) is 11.1 Å². The molecule has 0 saturated carbocycles. The number of ketones is 1. The molecular formula is C13H8BrNO2. The van der Waals surface area contributed by atoms with Gasteiger partial charge in [-0.2, -0.15) is 0 Å². The molecule has 1 N–H and O–H groups in total. The highest BCUT2D eigenvalue weighted by Gasteiger charge is 2.16. The molecule has 0 aliphatic rings. The Morgan fingerprint density at radius 1 is 1.29 bits per heavy atom. The Kier molecular flexibility index (Phi) is 2.37. The van der Waals surface area contributed by atoms with Crippen molar-refractivity contribution in [3.05, 3.63) is 58.6 Å². The van der Waals surface area contributed by atoms with E-state index in [0.717, 1.165) is 15.4 Å². The average molecular weight is 290 g/mol. The quantitative estimate of drug-likeness (QED) is 0.730. The standard InChI is InChI=1S/C13H8BrNO2/c14-10-2-1-3-11-12(10)9(6-15-11)13(16)8-4-5-17-7-8/h1-7,15H. The topological polar surface area (TPSA) is 46.0 Å². The third-order valence-electron chi connectivity index (χ3n) is 2.68. The fourth-order valence-electron chi connectivity index (χ4n) is 1.87. The van der Waals surface area contributed by atoms with Gasteiger partial charge in [-0.3, -0.25) is 4.79 Å². The molecule has 0 spiro atoms. The number of nitrogens with one attached hydrogen (secondary N) is 1. The van der Waals surface area contributed by atoms with Crippen molar-refractivity contribution in [1.29, 1.82) is 0 Å². The van der Waals surface area contributed by atoms with Gasteiger partial charge in [0.2, 0.25) is 0 Å². The number of benzene rings is 1. The Balaban J connectivity index is 2.22. The first-order chi connectivity index (χ1) is 8.27. The minimum Gasteiger partial charge on any atom is -0.472 e. The van der Waals surface area contributed by atoms with Crippen molar-refractivity contribution < 1.29 is 9.21 Å². The van der Waals surface area contributed by atoms with Crippen molar-refractivity contribution >= 4 is 32.6 Å². The second-order valence-corrected chi connectivity index (χ2v) is 4.56. The van der Waals surface area contributed by atoms with E-state index in [-0.39, 0.29) is 5.78 Å². The maximum absolute atomic E-state index is 12.2. The molecule has 4 heteroatoms. The molecule has 3 rings (SSSR count). The first kappa shape index (κ1) is 10.4. The molecule has 0 saturated heterocycles. The minimum atomic E-state index is -0.0445. The van der Waals surface area contributed by atoms with E-state index >= 15 is 0 Å². The third kappa shape index (κ3) is 1.61. The van der Waals surface area contributed by atoms with Gasteiger partial charge in [0, 0.05) is 27.1 Å². The second kappa shape index (κ2) is 3.89. The van der Waals surface area contributed by atoms with Gasteiger partial charge in [0.25, 0.3) is 0 Å². The molecule has 0 bridgehead atoms. The molecule has 0 amide bonds. The number of aromatic nitrogens is 1. The van der Waals surface area contributed by atoms with E-state index in [1.807, 2.05) is 18.2 Å². The molecule has 0 aliphatic heterocycles. The highest BCUT2D eigenvalue weighted by molar-refractivity contribution is 9.10. The zero-order chi connectivity index (χ0) is 11.8. The lowest BCUT2D eigenvalue weighted by atomic mass is 10.1. The summed E-state index contributed by atoms with van der Waals surface area (Å²) in [5, 5.41) is 0.902. The van der Waals surface area contributed by atoms with Crippen LogP contribution in [0.1, 0.15) is 15.9 Å². The Morgan fingerprint density at radius 3 is 2.94 bits per heavy atom. The van der Waals surface area contributed by atoms with Gasteiger partial charge in [-0.05, 0) is 18.2 Å². The monoisotopic (exact) mass is 289 g/mol.